The minimum absolute atomic E-state index is 0.116. The van der Waals surface area contributed by atoms with Crippen molar-refractivity contribution < 1.29 is 23.9 Å². The highest BCUT2D eigenvalue weighted by Gasteiger charge is 2.19. The lowest BCUT2D eigenvalue weighted by Crippen LogP contribution is -2.23. The number of hydrogen-bond acceptors (Lipinski definition) is 5. The molecule has 7 heteroatoms. The average Bonchev–Trinajstić information content (AvgIpc) is 2.84. The maximum atomic E-state index is 13.0. The number of esters is 1. The summed E-state index contributed by atoms with van der Waals surface area (Å²) in [5.74, 6) is -0.332. The van der Waals surface area contributed by atoms with Gasteiger partial charge in [-0.25, -0.2) is 0 Å². The number of ether oxygens (including phenoxy) is 2. The van der Waals surface area contributed by atoms with Crippen LogP contribution in [0.2, 0.25) is 0 Å². The number of carbonyl (C=O) groups excluding carboxylic acids is 3. The quantitative estimate of drug-likeness (QED) is 0.512. The molecule has 0 spiro atoms. The van der Waals surface area contributed by atoms with Gasteiger partial charge in [-0.3, -0.25) is 14.4 Å². The molecule has 2 N–H and O–H groups in total. The Morgan fingerprint density at radius 2 is 1.71 bits per heavy atom. The Bertz CT molecular complexity index is 1270. The predicted octanol–water partition coefficient (Wildman–Crippen LogP) is 4.46. The second-order valence-electron chi connectivity index (χ2n) is 7.63. The Balaban J connectivity index is 1.47. The van der Waals surface area contributed by atoms with Gasteiger partial charge >= 0.3 is 5.97 Å². The van der Waals surface area contributed by atoms with Crippen molar-refractivity contribution in [3.05, 3.63) is 95.1 Å². The largest absolute Gasteiger partial charge is 0.488 e. The SMILES string of the molecule is CCOC(=O)Cc1cccc(NC(=O)c2ccccc2NC(=O)C2=Cc3ccccc3OC2)c1. The maximum Gasteiger partial charge on any atom is 0.310 e. The molecule has 0 unspecified atom stereocenters. The van der Waals surface area contributed by atoms with Crippen LogP contribution in [0.5, 0.6) is 5.75 Å². The molecule has 172 valence electrons. The Morgan fingerprint density at radius 3 is 2.56 bits per heavy atom. The van der Waals surface area contributed by atoms with Crippen molar-refractivity contribution in [2.45, 2.75) is 13.3 Å². The van der Waals surface area contributed by atoms with Crippen molar-refractivity contribution >= 4 is 35.2 Å². The van der Waals surface area contributed by atoms with Crippen LogP contribution in [0.4, 0.5) is 11.4 Å². The first-order valence-corrected chi connectivity index (χ1v) is 10.9. The molecule has 0 saturated carbocycles. The zero-order valence-corrected chi connectivity index (χ0v) is 18.7. The van der Waals surface area contributed by atoms with Crippen molar-refractivity contribution in [2.24, 2.45) is 0 Å². The van der Waals surface area contributed by atoms with Gasteiger partial charge in [0.2, 0.25) is 0 Å². The third-order valence-corrected chi connectivity index (χ3v) is 5.18. The topological polar surface area (TPSA) is 93.7 Å². The van der Waals surface area contributed by atoms with E-state index in [-0.39, 0.29) is 30.8 Å². The molecule has 7 nitrogen and oxygen atoms in total. The molecule has 0 bridgehead atoms. The lowest BCUT2D eigenvalue weighted by atomic mass is 10.1. The molecule has 1 aliphatic rings. The number of hydrogen-bond donors (Lipinski definition) is 2. The number of benzene rings is 3. The van der Waals surface area contributed by atoms with E-state index in [0.29, 0.717) is 29.1 Å². The Morgan fingerprint density at radius 1 is 0.912 bits per heavy atom. The summed E-state index contributed by atoms with van der Waals surface area (Å²) in [4.78, 5) is 37.6. The Labute approximate surface area is 197 Å². The summed E-state index contributed by atoms with van der Waals surface area (Å²) >= 11 is 0. The first-order chi connectivity index (χ1) is 16.5. The van der Waals surface area contributed by atoms with Crippen LogP contribution in [-0.4, -0.2) is 31.0 Å². The maximum absolute atomic E-state index is 13.0. The van der Waals surface area contributed by atoms with Gasteiger partial charge in [0.05, 0.1) is 29.9 Å². The van der Waals surface area contributed by atoms with E-state index in [2.05, 4.69) is 10.6 Å². The van der Waals surface area contributed by atoms with Crippen LogP contribution in [0.25, 0.3) is 6.08 Å². The molecule has 2 amide bonds. The molecule has 0 atom stereocenters. The van der Waals surface area contributed by atoms with Gasteiger partial charge in [-0.15, -0.1) is 0 Å². The lowest BCUT2D eigenvalue weighted by Gasteiger charge is -2.18. The van der Waals surface area contributed by atoms with Crippen molar-refractivity contribution in [1.29, 1.82) is 0 Å². The van der Waals surface area contributed by atoms with E-state index in [9.17, 15) is 14.4 Å². The molecule has 1 aliphatic heterocycles. The first-order valence-electron chi connectivity index (χ1n) is 10.9. The van der Waals surface area contributed by atoms with E-state index in [4.69, 9.17) is 9.47 Å². The highest BCUT2D eigenvalue weighted by atomic mass is 16.5. The molecule has 0 aromatic heterocycles. The van der Waals surface area contributed by atoms with Gasteiger partial charge in [0.1, 0.15) is 12.4 Å². The van der Waals surface area contributed by atoms with E-state index in [1.54, 1.807) is 61.5 Å². The van der Waals surface area contributed by atoms with Crippen molar-refractivity contribution in [3.8, 4) is 5.75 Å². The fourth-order valence-electron chi connectivity index (χ4n) is 3.58. The molecule has 3 aromatic carbocycles. The number of carbonyl (C=O) groups is 3. The highest BCUT2D eigenvalue weighted by Crippen LogP contribution is 2.27. The van der Waals surface area contributed by atoms with E-state index in [1.807, 2.05) is 24.3 Å². The summed E-state index contributed by atoms with van der Waals surface area (Å²) in [6.45, 7) is 2.21. The molecule has 0 saturated heterocycles. The molecule has 0 aliphatic carbocycles. The van der Waals surface area contributed by atoms with Gasteiger partial charge in [0.15, 0.2) is 0 Å². The van der Waals surface area contributed by atoms with E-state index >= 15 is 0 Å². The van der Waals surface area contributed by atoms with E-state index in [0.717, 1.165) is 16.9 Å². The molecule has 3 aromatic rings. The molecule has 4 rings (SSSR count). The lowest BCUT2D eigenvalue weighted by molar-refractivity contribution is -0.142. The molecular weight excluding hydrogens is 432 g/mol. The Kier molecular flexibility index (Phi) is 7.03. The Hall–Kier alpha value is -4.39. The van der Waals surface area contributed by atoms with Crippen molar-refractivity contribution in [3.63, 3.8) is 0 Å². The van der Waals surface area contributed by atoms with Crippen LogP contribution in [0.1, 0.15) is 28.4 Å². The number of anilines is 2. The van der Waals surface area contributed by atoms with Gasteiger partial charge in [-0.05, 0) is 48.9 Å². The van der Waals surface area contributed by atoms with E-state index in [1.165, 1.54) is 0 Å². The molecule has 0 fully saturated rings. The van der Waals surface area contributed by atoms with Crippen LogP contribution in [0, 0.1) is 0 Å². The van der Waals surface area contributed by atoms with Gasteiger partial charge in [-0.2, -0.15) is 0 Å². The summed E-state index contributed by atoms with van der Waals surface area (Å²) in [6.07, 6.45) is 1.90. The molecular formula is C27H24N2O5. The standard InChI is InChI=1S/C27H24N2O5/c1-2-33-25(30)15-18-8-7-10-21(14-18)28-27(32)22-11-4-5-12-23(22)29-26(31)20-16-19-9-3-6-13-24(19)34-17-20/h3-14,16H,2,15,17H2,1H3,(H,28,32)(H,29,31). The van der Waals surface area contributed by atoms with Gasteiger partial charge in [0.25, 0.3) is 11.8 Å². The zero-order chi connectivity index (χ0) is 23.9. The van der Waals surface area contributed by atoms with Crippen LogP contribution < -0.4 is 15.4 Å². The molecule has 0 radical (unpaired) electrons. The summed E-state index contributed by atoms with van der Waals surface area (Å²) in [5, 5.41) is 5.65. The fourth-order valence-corrected chi connectivity index (χ4v) is 3.58. The third kappa shape index (κ3) is 5.50. The number of nitrogens with one attached hydrogen (secondary N) is 2. The number of amides is 2. The summed E-state index contributed by atoms with van der Waals surface area (Å²) in [5.41, 5.74) is 3.24. The fraction of sp³-hybridized carbons (Fsp3) is 0.148. The number of fused-ring (bicyclic) bond motifs is 1. The predicted molar refractivity (Wildman–Crippen MR) is 130 cm³/mol. The first kappa shape index (κ1) is 22.8. The highest BCUT2D eigenvalue weighted by molar-refractivity contribution is 6.13. The van der Waals surface area contributed by atoms with Crippen LogP contribution in [0.15, 0.2) is 78.4 Å². The van der Waals surface area contributed by atoms with Crippen molar-refractivity contribution in [2.75, 3.05) is 23.8 Å². The van der Waals surface area contributed by atoms with Crippen LogP contribution in [0.3, 0.4) is 0 Å². The number of rotatable bonds is 7. The minimum atomic E-state index is -0.386. The summed E-state index contributed by atoms with van der Waals surface area (Å²) in [7, 11) is 0. The average molecular weight is 456 g/mol. The second kappa shape index (κ2) is 10.5. The normalized spacial score (nSPS) is 12.0. The third-order valence-electron chi connectivity index (χ3n) is 5.18. The minimum Gasteiger partial charge on any atom is -0.488 e. The summed E-state index contributed by atoms with van der Waals surface area (Å²) in [6, 6.07) is 21.2. The van der Waals surface area contributed by atoms with Gasteiger partial charge < -0.3 is 20.1 Å². The molecule has 34 heavy (non-hydrogen) atoms. The smallest absolute Gasteiger partial charge is 0.310 e. The number of para-hydroxylation sites is 2. The molecule has 1 heterocycles. The van der Waals surface area contributed by atoms with Gasteiger partial charge in [-0.1, -0.05) is 42.5 Å². The van der Waals surface area contributed by atoms with Crippen LogP contribution in [-0.2, 0) is 20.7 Å². The summed E-state index contributed by atoms with van der Waals surface area (Å²) < 4.78 is 10.6. The van der Waals surface area contributed by atoms with Gasteiger partial charge in [0, 0.05) is 11.3 Å². The zero-order valence-electron chi connectivity index (χ0n) is 18.7. The monoisotopic (exact) mass is 456 g/mol. The second-order valence-corrected chi connectivity index (χ2v) is 7.63. The van der Waals surface area contributed by atoms with Crippen LogP contribution >= 0.6 is 0 Å². The van der Waals surface area contributed by atoms with E-state index < -0.39 is 0 Å². The van der Waals surface area contributed by atoms with Crippen molar-refractivity contribution in [1.82, 2.24) is 0 Å².